The number of nitrogens with two attached hydrogens (primary N) is 1. The van der Waals surface area contributed by atoms with E-state index in [9.17, 15) is 4.79 Å². The molecule has 0 aliphatic carbocycles. The van der Waals surface area contributed by atoms with Crippen LogP contribution in [0.4, 0.5) is 17.1 Å². The second-order valence-electron chi connectivity index (χ2n) is 4.80. The highest BCUT2D eigenvalue weighted by Crippen LogP contribution is 2.31. The monoisotopic (exact) mass is 247 g/mol. The number of rotatable bonds is 4. The summed E-state index contributed by atoms with van der Waals surface area (Å²) in [4.78, 5) is 11.4. The zero-order valence-electron chi connectivity index (χ0n) is 11.0. The summed E-state index contributed by atoms with van der Waals surface area (Å²) in [6, 6.07) is 4.35. The van der Waals surface area contributed by atoms with Gasteiger partial charge >= 0.3 is 0 Å². The molecule has 1 amide bonds. The lowest BCUT2D eigenvalue weighted by Gasteiger charge is -2.22. The molecule has 4 nitrogen and oxygen atoms in total. The highest BCUT2D eigenvalue weighted by Gasteiger charge is 2.17. The van der Waals surface area contributed by atoms with E-state index in [0.717, 1.165) is 41.9 Å². The van der Waals surface area contributed by atoms with Crippen LogP contribution in [0.3, 0.4) is 0 Å². The highest BCUT2D eigenvalue weighted by molar-refractivity contribution is 5.95. The number of anilines is 3. The third-order valence-electron chi connectivity index (χ3n) is 3.52. The van der Waals surface area contributed by atoms with Gasteiger partial charge in [-0.25, -0.2) is 0 Å². The van der Waals surface area contributed by atoms with Gasteiger partial charge in [-0.1, -0.05) is 13.8 Å². The van der Waals surface area contributed by atoms with Crippen LogP contribution in [0, 0.1) is 0 Å². The summed E-state index contributed by atoms with van der Waals surface area (Å²) >= 11 is 0. The minimum atomic E-state index is 0.0840. The van der Waals surface area contributed by atoms with Crippen LogP contribution in [0.15, 0.2) is 12.1 Å². The quantitative estimate of drug-likeness (QED) is 0.717. The molecule has 1 aromatic rings. The fourth-order valence-electron chi connectivity index (χ4n) is 2.29. The number of benzene rings is 1. The topological polar surface area (TPSA) is 67.1 Å². The molecule has 0 aromatic heterocycles. The molecule has 2 rings (SSSR count). The van der Waals surface area contributed by atoms with E-state index in [4.69, 9.17) is 5.73 Å². The van der Waals surface area contributed by atoms with Gasteiger partial charge in [0.1, 0.15) is 0 Å². The molecule has 4 heteroatoms. The largest absolute Gasteiger partial charge is 0.397 e. The Morgan fingerprint density at radius 2 is 2.06 bits per heavy atom. The first kappa shape index (κ1) is 12.7. The van der Waals surface area contributed by atoms with E-state index in [0.29, 0.717) is 12.5 Å². The van der Waals surface area contributed by atoms with E-state index in [-0.39, 0.29) is 5.91 Å². The van der Waals surface area contributed by atoms with Crippen LogP contribution in [0.2, 0.25) is 0 Å². The van der Waals surface area contributed by atoms with Crippen molar-refractivity contribution in [2.24, 2.45) is 0 Å². The molecule has 4 N–H and O–H groups in total. The van der Waals surface area contributed by atoms with Crippen molar-refractivity contribution in [1.29, 1.82) is 0 Å². The van der Waals surface area contributed by atoms with E-state index in [2.05, 4.69) is 24.5 Å². The number of carbonyl (C=O) groups is 1. The van der Waals surface area contributed by atoms with Crippen LogP contribution < -0.4 is 16.4 Å². The van der Waals surface area contributed by atoms with Gasteiger partial charge in [-0.3, -0.25) is 4.79 Å². The molecule has 0 saturated heterocycles. The molecule has 1 aromatic carbocycles. The molecule has 18 heavy (non-hydrogen) atoms. The van der Waals surface area contributed by atoms with Gasteiger partial charge in [0, 0.05) is 18.2 Å². The smallest absolute Gasteiger partial charge is 0.224 e. The lowest BCUT2D eigenvalue weighted by molar-refractivity contribution is -0.116. The van der Waals surface area contributed by atoms with Crippen molar-refractivity contribution in [3.05, 3.63) is 17.7 Å². The van der Waals surface area contributed by atoms with E-state index < -0.39 is 0 Å². The molecule has 98 valence electrons. The SMILES string of the molecule is CCC(CC)Nc1cc2c(cc1N)CCC(=O)N2. The maximum Gasteiger partial charge on any atom is 0.224 e. The minimum absolute atomic E-state index is 0.0840. The second-order valence-corrected chi connectivity index (χ2v) is 4.80. The molecule has 1 aliphatic rings. The number of hydrogen-bond acceptors (Lipinski definition) is 3. The van der Waals surface area contributed by atoms with Crippen molar-refractivity contribution in [1.82, 2.24) is 0 Å². The second kappa shape index (κ2) is 5.29. The van der Waals surface area contributed by atoms with Gasteiger partial charge in [0.2, 0.25) is 5.91 Å². The number of aryl methyl sites for hydroxylation is 1. The molecule has 1 aliphatic heterocycles. The van der Waals surface area contributed by atoms with Gasteiger partial charge in [0.15, 0.2) is 0 Å². The number of hydrogen-bond donors (Lipinski definition) is 3. The van der Waals surface area contributed by atoms with Gasteiger partial charge in [0.25, 0.3) is 0 Å². The molecule has 0 bridgehead atoms. The Labute approximate surface area is 108 Å². The Bertz CT molecular complexity index is 453. The Hall–Kier alpha value is -1.71. The van der Waals surface area contributed by atoms with E-state index in [1.54, 1.807) is 0 Å². The van der Waals surface area contributed by atoms with Crippen LogP contribution in [-0.4, -0.2) is 11.9 Å². The lowest BCUT2D eigenvalue weighted by atomic mass is 10.0. The highest BCUT2D eigenvalue weighted by atomic mass is 16.1. The van der Waals surface area contributed by atoms with Crippen LogP contribution >= 0.6 is 0 Å². The van der Waals surface area contributed by atoms with E-state index >= 15 is 0 Å². The standard InChI is InChI=1S/C14H21N3O/c1-3-10(4-2)16-13-8-12-9(7-11(13)15)5-6-14(18)17-12/h7-8,10,16H,3-6,15H2,1-2H3,(H,17,18). The Morgan fingerprint density at radius 1 is 1.33 bits per heavy atom. The number of nitrogens with one attached hydrogen (secondary N) is 2. The molecule has 0 radical (unpaired) electrons. The van der Waals surface area contributed by atoms with Gasteiger partial charge < -0.3 is 16.4 Å². The molecule has 1 heterocycles. The summed E-state index contributed by atoms with van der Waals surface area (Å²) in [6.45, 7) is 4.30. The Kier molecular flexibility index (Phi) is 3.75. The number of carbonyl (C=O) groups excluding carboxylic acids is 1. The normalized spacial score (nSPS) is 14.3. The summed E-state index contributed by atoms with van der Waals surface area (Å²) in [5, 5.41) is 6.34. The predicted octanol–water partition coefficient (Wildman–Crippen LogP) is 2.75. The average molecular weight is 247 g/mol. The van der Waals surface area contributed by atoms with Crippen LogP contribution in [0.25, 0.3) is 0 Å². The zero-order chi connectivity index (χ0) is 13.1. The van der Waals surface area contributed by atoms with Crippen molar-refractivity contribution in [2.45, 2.75) is 45.6 Å². The predicted molar refractivity (Wildman–Crippen MR) is 75.8 cm³/mol. The van der Waals surface area contributed by atoms with Gasteiger partial charge in [-0.15, -0.1) is 0 Å². The minimum Gasteiger partial charge on any atom is -0.397 e. The first-order chi connectivity index (χ1) is 8.63. The molecule has 0 saturated carbocycles. The summed E-state index contributed by atoms with van der Waals surface area (Å²) in [5.74, 6) is 0.0840. The maximum atomic E-state index is 11.4. The zero-order valence-corrected chi connectivity index (χ0v) is 11.0. The van der Waals surface area contributed by atoms with Gasteiger partial charge in [-0.2, -0.15) is 0 Å². The fourth-order valence-corrected chi connectivity index (χ4v) is 2.29. The average Bonchev–Trinajstić information content (AvgIpc) is 2.36. The molecular weight excluding hydrogens is 226 g/mol. The van der Waals surface area contributed by atoms with Crippen molar-refractivity contribution < 1.29 is 4.79 Å². The first-order valence-electron chi connectivity index (χ1n) is 6.62. The number of amides is 1. The van der Waals surface area contributed by atoms with E-state index in [1.165, 1.54) is 0 Å². The van der Waals surface area contributed by atoms with Crippen LogP contribution in [-0.2, 0) is 11.2 Å². The summed E-state index contributed by atoms with van der Waals surface area (Å²) in [5.41, 5.74) is 9.77. The van der Waals surface area contributed by atoms with Crippen LogP contribution in [0.5, 0.6) is 0 Å². The van der Waals surface area contributed by atoms with Crippen molar-refractivity contribution in [3.63, 3.8) is 0 Å². The number of nitrogen functional groups attached to an aromatic ring is 1. The first-order valence-corrected chi connectivity index (χ1v) is 6.62. The molecule has 0 atom stereocenters. The fraction of sp³-hybridized carbons (Fsp3) is 0.500. The van der Waals surface area contributed by atoms with Crippen molar-refractivity contribution in [3.8, 4) is 0 Å². The molecular formula is C14H21N3O. The summed E-state index contributed by atoms with van der Waals surface area (Å²) in [7, 11) is 0. The molecule has 0 spiro atoms. The van der Waals surface area contributed by atoms with Crippen molar-refractivity contribution >= 4 is 23.0 Å². The summed E-state index contributed by atoms with van der Waals surface area (Å²) in [6.07, 6.45) is 3.43. The molecule has 0 fully saturated rings. The Balaban J connectivity index is 2.26. The maximum absolute atomic E-state index is 11.4. The van der Waals surface area contributed by atoms with Crippen molar-refractivity contribution in [2.75, 3.05) is 16.4 Å². The van der Waals surface area contributed by atoms with Gasteiger partial charge in [0.05, 0.1) is 11.4 Å². The summed E-state index contributed by atoms with van der Waals surface area (Å²) < 4.78 is 0. The third kappa shape index (κ3) is 2.58. The van der Waals surface area contributed by atoms with Crippen LogP contribution in [0.1, 0.15) is 38.7 Å². The molecule has 0 unspecified atom stereocenters. The lowest BCUT2D eigenvalue weighted by Crippen LogP contribution is -2.21. The van der Waals surface area contributed by atoms with E-state index in [1.807, 2.05) is 12.1 Å². The third-order valence-corrected chi connectivity index (χ3v) is 3.52. The van der Waals surface area contributed by atoms with Gasteiger partial charge in [-0.05, 0) is 37.0 Å². The number of fused-ring (bicyclic) bond motifs is 1. The Morgan fingerprint density at radius 3 is 2.72 bits per heavy atom.